The van der Waals surface area contributed by atoms with Crippen LogP contribution in [0.1, 0.15) is 49.9 Å². The smallest absolute Gasteiger partial charge is 0.226 e. The number of hydrogen-bond acceptors (Lipinski definition) is 4. The van der Waals surface area contributed by atoms with Crippen LogP contribution in [0, 0.1) is 5.92 Å². The van der Waals surface area contributed by atoms with Crippen molar-refractivity contribution in [1.82, 2.24) is 14.8 Å². The number of carbonyl (C=O) groups is 2. The molecule has 1 aliphatic carbocycles. The first-order valence-electron chi connectivity index (χ1n) is 10.9. The van der Waals surface area contributed by atoms with E-state index in [1.54, 1.807) is 7.11 Å². The van der Waals surface area contributed by atoms with Crippen molar-refractivity contribution in [3.05, 3.63) is 29.5 Å². The highest BCUT2D eigenvalue weighted by Gasteiger charge is 2.55. The van der Waals surface area contributed by atoms with Gasteiger partial charge in [0.15, 0.2) is 0 Å². The topological polar surface area (TPSA) is 85.9 Å². The van der Waals surface area contributed by atoms with E-state index in [4.69, 9.17) is 4.74 Å². The van der Waals surface area contributed by atoms with Crippen LogP contribution >= 0.6 is 0 Å². The van der Waals surface area contributed by atoms with E-state index >= 15 is 0 Å². The second-order valence-electron chi connectivity index (χ2n) is 9.04. The fraction of sp³-hybridized carbons (Fsp3) is 0.565. The van der Waals surface area contributed by atoms with Gasteiger partial charge in [-0.3, -0.25) is 9.59 Å². The summed E-state index contributed by atoms with van der Waals surface area (Å²) in [6.07, 6.45) is 3.24. The second kappa shape index (κ2) is 7.01. The Bertz CT molecular complexity index is 1000. The summed E-state index contributed by atoms with van der Waals surface area (Å²) in [4.78, 5) is 32.9. The maximum atomic E-state index is 13.1. The lowest BCUT2D eigenvalue weighted by molar-refractivity contribution is -0.146. The Hall–Kier alpha value is -2.54. The zero-order chi connectivity index (χ0) is 21.0. The third-order valence-electron chi connectivity index (χ3n) is 6.93. The van der Waals surface area contributed by atoms with Crippen molar-refractivity contribution in [3.8, 4) is 5.75 Å². The van der Waals surface area contributed by atoms with Crippen LogP contribution in [0.15, 0.2) is 18.2 Å². The molecule has 0 unspecified atom stereocenters. The lowest BCUT2D eigenvalue weighted by atomic mass is 9.68. The van der Waals surface area contributed by atoms with Gasteiger partial charge in [-0.25, -0.2) is 0 Å². The number of aliphatic hydroxyl groups is 1. The summed E-state index contributed by atoms with van der Waals surface area (Å²) < 4.78 is 5.39. The number of hydrogen-bond donors (Lipinski definition) is 2. The van der Waals surface area contributed by atoms with Crippen molar-refractivity contribution in [2.75, 3.05) is 33.4 Å². The fourth-order valence-corrected chi connectivity index (χ4v) is 5.29. The number of nitrogens with one attached hydrogen (secondary N) is 1. The summed E-state index contributed by atoms with van der Waals surface area (Å²) in [7, 11) is 1.64. The Morgan fingerprint density at radius 2 is 2.03 bits per heavy atom. The molecule has 1 saturated carbocycles. The Morgan fingerprint density at radius 3 is 2.67 bits per heavy atom. The highest BCUT2D eigenvalue weighted by atomic mass is 16.5. The molecule has 7 heteroatoms. The number of aromatic amines is 1. The summed E-state index contributed by atoms with van der Waals surface area (Å²) >= 11 is 0. The predicted molar refractivity (Wildman–Crippen MR) is 112 cm³/mol. The van der Waals surface area contributed by atoms with Crippen molar-refractivity contribution in [1.29, 1.82) is 0 Å². The highest BCUT2D eigenvalue weighted by molar-refractivity contribution is 5.90. The van der Waals surface area contributed by atoms with Gasteiger partial charge < -0.3 is 24.6 Å². The number of aromatic nitrogens is 1. The SMILES string of the molecule is CCCC(=O)N1CC2(C1)CN(C(=O)C1CC1)[C@H](CO)c1[nH]c3cc(OC)ccc3c12. The molecular formula is C23H29N3O4. The van der Waals surface area contributed by atoms with Gasteiger partial charge in [0.2, 0.25) is 11.8 Å². The molecule has 5 rings (SSSR count). The summed E-state index contributed by atoms with van der Waals surface area (Å²) in [5.74, 6) is 1.15. The van der Waals surface area contributed by atoms with Gasteiger partial charge in [-0.2, -0.15) is 0 Å². The van der Waals surface area contributed by atoms with Crippen LogP contribution in [0.2, 0.25) is 0 Å². The molecule has 2 aliphatic heterocycles. The number of ether oxygens (including phenoxy) is 1. The van der Waals surface area contributed by atoms with E-state index < -0.39 is 0 Å². The van der Waals surface area contributed by atoms with Crippen LogP contribution in [0.25, 0.3) is 10.9 Å². The second-order valence-corrected chi connectivity index (χ2v) is 9.04. The zero-order valence-corrected chi connectivity index (χ0v) is 17.6. The fourth-order valence-electron chi connectivity index (χ4n) is 5.29. The van der Waals surface area contributed by atoms with E-state index in [9.17, 15) is 14.7 Å². The standard InChI is InChI=1S/C23H29N3O4/c1-3-4-19(28)25-11-23(12-25)13-26(22(29)14-5-6-14)18(10-27)21-20(23)16-8-7-15(30-2)9-17(16)24-21/h7-9,14,18,24,27H,3-6,10-13H2,1-2H3/t18-/m1/s1. The number of amides is 2. The lowest BCUT2D eigenvalue weighted by Crippen LogP contribution is -2.68. The molecule has 2 fully saturated rings. The average molecular weight is 412 g/mol. The van der Waals surface area contributed by atoms with Gasteiger partial charge in [-0.05, 0) is 37.0 Å². The van der Waals surface area contributed by atoms with Gasteiger partial charge in [-0.1, -0.05) is 6.92 Å². The van der Waals surface area contributed by atoms with Crippen molar-refractivity contribution in [3.63, 3.8) is 0 Å². The van der Waals surface area contributed by atoms with Crippen molar-refractivity contribution < 1.29 is 19.4 Å². The van der Waals surface area contributed by atoms with Crippen LogP contribution in [0.4, 0.5) is 0 Å². The van der Waals surface area contributed by atoms with Gasteiger partial charge in [0, 0.05) is 54.6 Å². The number of rotatable bonds is 5. The van der Waals surface area contributed by atoms with E-state index in [1.165, 1.54) is 0 Å². The number of carbonyl (C=O) groups excluding carboxylic acids is 2. The van der Waals surface area contributed by atoms with Gasteiger partial charge in [-0.15, -0.1) is 0 Å². The maximum Gasteiger partial charge on any atom is 0.226 e. The molecule has 1 aromatic carbocycles. The molecule has 1 saturated heterocycles. The van der Waals surface area contributed by atoms with Crippen LogP contribution in [0.5, 0.6) is 5.75 Å². The number of methoxy groups -OCH3 is 1. The third-order valence-corrected chi connectivity index (χ3v) is 6.93. The quantitative estimate of drug-likeness (QED) is 0.791. The Morgan fingerprint density at radius 1 is 1.27 bits per heavy atom. The van der Waals surface area contributed by atoms with E-state index in [1.807, 2.05) is 28.9 Å². The molecule has 1 atom stereocenters. The molecule has 3 aliphatic rings. The Labute approximate surface area is 176 Å². The van der Waals surface area contributed by atoms with Gasteiger partial charge >= 0.3 is 0 Å². The van der Waals surface area contributed by atoms with Crippen molar-refractivity contribution in [2.24, 2.45) is 5.92 Å². The Balaban J connectivity index is 1.60. The van der Waals surface area contributed by atoms with Gasteiger partial charge in [0.25, 0.3) is 0 Å². The van der Waals surface area contributed by atoms with Crippen molar-refractivity contribution in [2.45, 2.75) is 44.1 Å². The number of likely N-dealkylation sites (tertiary alicyclic amines) is 1. The molecule has 30 heavy (non-hydrogen) atoms. The third kappa shape index (κ3) is 2.82. The highest BCUT2D eigenvalue weighted by Crippen LogP contribution is 2.49. The van der Waals surface area contributed by atoms with Crippen LogP contribution in [-0.2, 0) is 15.0 Å². The molecule has 7 nitrogen and oxygen atoms in total. The molecule has 0 bridgehead atoms. The largest absolute Gasteiger partial charge is 0.497 e. The predicted octanol–water partition coefficient (Wildman–Crippen LogP) is 2.34. The maximum absolute atomic E-state index is 13.1. The first-order chi connectivity index (χ1) is 14.5. The lowest BCUT2D eigenvalue weighted by Gasteiger charge is -2.56. The van der Waals surface area contributed by atoms with Crippen LogP contribution < -0.4 is 4.74 Å². The minimum Gasteiger partial charge on any atom is -0.497 e. The number of aliphatic hydroxyl groups excluding tert-OH is 1. The number of H-pyrrole nitrogens is 1. The average Bonchev–Trinajstić information content (AvgIpc) is 3.50. The summed E-state index contributed by atoms with van der Waals surface area (Å²) in [5.41, 5.74) is 2.71. The molecule has 2 amide bonds. The number of nitrogens with zero attached hydrogens (tertiary/aromatic N) is 2. The molecule has 2 aromatic rings. The van der Waals surface area contributed by atoms with Crippen molar-refractivity contribution >= 4 is 22.7 Å². The molecule has 160 valence electrons. The first-order valence-corrected chi connectivity index (χ1v) is 10.9. The van der Waals surface area contributed by atoms with E-state index in [2.05, 4.69) is 11.1 Å². The molecule has 2 N–H and O–H groups in total. The van der Waals surface area contributed by atoms with E-state index in [0.717, 1.165) is 47.2 Å². The molecule has 1 aromatic heterocycles. The Kier molecular flexibility index (Phi) is 4.54. The monoisotopic (exact) mass is 411 g/mol. The van der Waals surface area contributed by atoms with Crippen LogP contribution in [-0.4, -0.2) is 65.1 Å². The summed E-state index contributed by atoms with van der Waals surface area (Å²) in [6, 6.07) is 5.58. The minimum absolute atomic E-state index is 0.0834. The van der Waals surface area contributed by atoms with Gasteiger partial charge in [0.1, 0.15) is 5.75 Å². The molecule has 3 heterocycles. The zero-order valence-electron chi connectivity index (χ0n) is 17.6. The molecular weight excluding hydrogens is 382 g/mol. The molecule has 0 radical (unpaired) electrons. The normalized spacial score (nSPS) is 22.2. The van der Waals surface area contributed by atoms with Crippen LogP contribution in [0.3, 0.4) is 0 Å². The summed E-state index contributed by atoms with van der Waals surface area (Å²) in [5, 5.41) is 11.3. The number of benzene rings is 1. The van der Waals surface area contributed by atoms with E-state index in [0.29, 0.717) is 26.1 Å². The summed E-state index contributed by atoms with van der Waals surface area (Å²) in [6.45, 7) is 3.68. The first kappa shape index (κ1) is 19.4. The molecule has 1 spiro atoms. The van der Waals surface area contributed by atoms with E-state index in [-0.39, 0.29) is 35.8 Å². The number of fused-ring (bicyclic) bond motifs is 4. The minimum atomic E-state index is -0.377. The van der Waals surface area contributed by atoms with Gasteiger partial charge in [0.05, 0.1) is 25.2 Å².